The zero-order chi connectivity index (χ0) is 8.27. The van der Waals surface area contributed by atoms with E-state index < -0.39 is 0 Å². The summed E-state index contributed by atoms with van der Waals surface area (Å²) in [6.07, 6.45) is 0. The van der Waals surface area contributed by atoms with Crippen molar-refractivity contribution < 1.29 is 0 Å². The van der Waals surface area contributed by atoms with Gasteiger partial charge < -0.3 is 0 Å². The maximum atomic E-state index is 8.48. The summed E-state index contributed by atoms with van der Waals surface area (Å²) in [5.74, 6) is 0. The number of hydrogen-bond acceptors (Lipinski definition) is 1. The van der Waals surface area contributed by atoms with Crippen LogP contribution in [0.15, 0.2) is 22.7 Å². The zero-order valence-electron chi connectivity index (χ0n) is 5.50. The van der Waals surface area contributed by atoms with E-state index in [9.17, 15) is 0 Å². The van der Waals surface area contributed by atoms with Crippen molar-refractivity contribution in [2.45, 2.75) is 0 Å². The van der Waals surface area contributed by atoms with E-state index in [1.165, 1.54) is 0 Å². The lowest BCUT2D eigenvalue weighted by Crippen LogP contribution is -1.72. The van der Waals surface area contributed by atoms with Crippen LogP contribution in [0.4, 0.5) is 5.69 Å². The van der Waals surface area contributed by atoms with Crippen molar-refractivity contribution >= 4 is 21.6 Å². The Labute approximate surface area is 73.0 Å². The summed E-state index contributed by atoms with van der Waals surface area (Å²) in [7, 11) is 0. The molecule has 0 bridgehead atoms. The third-order valence-corrected chi connectivity index (χ3v) is 1.87. The highest BCUT2D eigenvalue weighted by Crippen LogP contribution is 2.25. The van der Waals surface area contributed by atoms with Gasteiger partial charge in [-0.05, 0) is 12.1 Å². The van der Waals surface area contributed by atoms with Crippen LogP contribution >= 0.6 is 15.9 Å². The van der Waals surface area contributed by atoms with Crippen molar-refractivity contribution in [1.82, 2.24) is 0 Å². The molecular formula is C8H3BrN2. The fourth-order valence-corrected chi connectivity index (χ4v) is 1.00. The van der Waals surface area contributed by atoms with Gasteiger partial charge >= 0.3 is 0 Å². The van der Waals surface area contributed by atoms with E-state index in [0.29, 0.717) is 11.3 Å². The highest BCUT2D eigenvalue weighted by Gasteiger charge is 1.98. The van der Waals surface area contributed by atoms with Crippen molar-refractivity contribution in [2.24, 2.45) is 0 Å². The molecule has 0 saturated carbocycles. The van der Waals surface area contributed by atoms with Crippen molar-refractivity contribution in [3.8, 4) is 6.07 Å². The highest BCUT2D eigenvalue weighted by atomic mass is 79.9. The molecule has 0 aliphatic carbocycles. The van der Waals surface area contributed by atoms with E-state index in [2.05, 4.69) is 20.8 Å². The van der Waals surface area contributed by atoms with Crippen molar-refractivity contribution in [3.05, 3.63) is 39.7 Å². The van der Waals surface area contributed by atoms with Gasteiger partial charge in [0.25, 0.3) is 0 Å². The summed E-state index contributed by atoms with van der Waals surface area (Å²) in [5, 5.41) is 8.48. The van der Waals surface area contributed by atoms with Gasteiger partial charge in [0.2, 0.25) is 5.69 Å². The van der Waals surface area contributed by atoms with E-state index in [-0.39, 0.29) is 0 Å². The third kappa shape index (κ3) is 1.58. The van der Waals surface area contributed by atoms with Crippen LogP contribution in [0.2, 0.25) is 0 Å². The lowest BCUT2D eigenvalue weighted by Gasteiger charge is -1.93. The molecule has 0 aromatic heterocycles. The molecule has 1 aromatic rings. The maximum Gasteiger partial charge on any atom is 0.202 e. The molecule has 0 aliphatic rings. The zero-order valence-corrected chi connectivity index (χ0v) is 7.09. The normalized spacial score (nSPS) is 8.27. The van der Waals surface area contributed by atoms with Crippen LogP contribution in [0.3, 0.4) is 0 Å². The molecule has 0 N–H and O–H groups in total. The molecular weight excluding hydrogens is 204 g/mol. The van der Waals surface area contributed by atoms with Gasteiger partial charge in [-0.25, -0.2) is 4.85 Å². The summed E-state index contributed by atoms with van der Waals surface area (Å²) < 4.78 is 0.728. The average Bonchev–Trinajstić information content (AvgIpc) is 2.05. The molecule has 3 heteroatoms. The van der Waals surface area contributed by atoms with Gasteiger partial charge in [0, 0.05) is 10.0 Å². The van der Waals surface area contributed by atoms with Crippen LogP contribution in [0.1, 0.15) is 5.56 Å². The van der Waals surface area contributed by atoms with Crippen molar-refractivity contribution in [2.75, 3.05) is 0 Å². The molecule has 0 fully saturated rings. The maximum absolute atomic E-state index is 8.48. The lowest BCUT2D eigenvalue weighted by molar-refractivity contribution is 1.48. The first-order valence-electron chi connectivity index (χ1n) is 2.85. The Morgan fingerprint density at radius 2 is 2.27 bits per heavy atom. The highest BCUT2D eigenvalue weighted by molar-refractivity contribution is 9.10. The predicted molar refractivity (Wildman–Crippen MR) is 45.1 cm³/mol. The molecule has 52 valence electrons. The van der Waals surface area contributed by atoms with E-state index in [1.54, 1.807) is 18.2 Å². The second kappa shape index (κ2) is 3.18. The van der Waals surface area contributed by atoms with Crippen LogP contribution in [0, 0.1) is 17.9 Å². The molecule has 0 spiro atoms. The molecule has 0 amide bonds. The van der Waals surface area contributed by atoms with E-state index in [4.69, 9.17) is 11.8 Å². The quantitative estimate of drug-likeness (QED) is 0.601. The minimum atomic E-state index is 0.476. The second-order valence-electron chi connectivity index (χ2n) is 1.89. The first-order valence-corrected chi connectivity index (χ1v) is 3.64. The van der Waals surface area contributed by atoms with Gasteiger partial charge in [0.05, 0.1) is 12.6 Å². The van der Waals surface area contributed by atoms with E-state index in [0.717, 1.165) is 4.47 Å². The molecule has 0 heterocycles. The summed E-state index contributed by atoms with van der Waals surface area (Å²) >= 11 is 3.20. The number of halogens is 1. The van der Waals surface area contributed by atoms with Crippen LogP contribution in [0.5, 0.6) is 0 Å². The molecule has 0 atom stereocenters. The molecule has 1 aromatic carbocycles. The van der Waals surface area contributed by atoms with Crippen molar-refractivity contribution in [3.63, 3.8) is 0 Å². The topological polar surface area (TPSA) is 28.1 Å². The lowest BCUT2D eigenvalue weighted by atomic mass is 10.2. The first kappa shape index (κ1) is 7.78. The van der Waals surface area contributed by atoms with E-state index in [1.807, 2.05) is 6.07 Å². The monoisotopic (exact) mass is 206 g/mol. The molecule has 1 rings (SSSR count). The van der Waals surface area contributed by atoms with Gasteiger partial charge in [0.1, 0.15) is 0 Å². The minimum Gasteiger partial charge on any atom is -0.237 e. The molecule has 0 radical (unpaired) electrons. The van der Waals surface area contributed by atoms with Crippen LogP contribution < -0.4 is 0 Å². The standard InChI is InChI=1S/C8H3BrN2/c1-11-8-4-6(5-10)2-3-7(8)9/h2-4H. The number of nitriles is 1. The number of hydrogen-bond donors (Lipinski definition) is 0. The summed E-state index contributed by atoms with van der Waals surface area (Å²) in [5.41, 5.74) is 0.989. The number of benzene rings is 1. The third-order valence-electron chi connectivity index (χ3n) is 1.20. The fourth-order valence-electron chi connectivity index (χ4n) is 0.668. The molecule has 0 saturated heterocycles. The molecule has 0 aliphatic heterocycles. The Bertz CT molecular complexity index is 357. The Hall–Kier alpha value is -1.32. The molecule has 2 nitrogen and oxygen atoms in total. The average molecular weight is 207 g/mol. The van der Waals surface area contributed by atoms with Gasteiger partial charge in [-0.2, -0.15) is 5.26 Å². The Balaban J connectivity index is 3.29. The van der Waals surface area contributed by atoms with E-state index >= 15 is 0 Å². The summed E-state index contributed by atoms with van der Waals surface area (Å²) in [6, 6.07) is 6.88. The Morgan fingerprint density at radius 1 is 1.55 bits per heavy atom. The predicted octanol–water partition coefficient (Wildman–Crippen LogP) is 2.87. The minimum absolute atomic E-state index is 0.476. The van der Waals surface area contributed by atoms with Gasteiger partial charge in [-0.3, -0.25) is 0 Å². The second-order valence-corrected chi connectivity index (χ2v) is 2.74. The smallest absolute Gasteiger partial charge is 0.202 e. The van der Waals surface area contributed by atoms with Crippen LogP contribution in [0.25, 0.3) is 4.85 Å². The largest absolute Gasteiger partial charge is 0.237 e. The number of rotatable bonds is 0. The Kier molecular flexibility index (Phi) is 2.25. The van der Waals surface area contributed by atoms with Gasteiger partial charge in [-0.15, -0.1) is 0 Å². The first-order chi connectivity index (χ1) is 5.27. The number of nitrogens with zero attached hydrogens (tertiary/aromatic N) is 2. The van der Waals surface area contributed by atoms with Crippen LogP contribution in [-0.4, -0.2) is 0 Å². The fraction of sp³-hybridized carbons (Fsp3) is 0. The van der Waals surface area contributed by atoms with Gasteiger partial charge in [-0.1, -0.05) is 22.0 Å². The summed E-state index contributed by atoms with van der Waals surface area (Å²) in [6.45, 7) is 6.74. The summed E-state index contributed by atoms with van der Waals surface area (Å²) in [4.78, 5) is 3.23. The SMILES string of the molecule is [C-]#[N+]c1cc(C#N)ccc1Br. The van der Waals surface area contributed by atoms with Crippen LogP contribution in [-0.2, 0) is 0 Å². The molecule has 11 heavy (non-hydrogen) atoms. The molecule has 0 unspecified atom stereocenters. The van der Waals surface area contributed by atoms with Gasteiger partial charge in [0.15, 0.2) is 0 Å². The Morgan fingerprint density at radius 3 is 2.82 bits per heavy atom. The van der Waals surface area contributed by atoms with Crippen molar-refractivity contribution in [1.29, 1.82) is 5.26 Å².